The van der Waals surface area contributed by atoms with Crippen molar-refractivity contribution < 1.29 is 0 Å². The van der Waals surface area contributed by atoms with Crippen LogP contribution in [-0.4, -0.2) is 47.0 Å². The molecule has 6 nitrogen and oxygen atoms in total. The molecule has 0 saturated carbocycles. The number of nitrogens with zero attached hydrogens (tertiary/aromatic N) is 4. The predicted octanol–water partition coefficient (Wildman–Crippen LogP) is 1.58. The van der Waals surface area contributed by atoms with Crippen molar-refractivity contribution in [3.8, 4) is 0 Å². The molecule has 4 rings (SSSR count). The lowest BCUT2D eigenvalue weighted by Crippen LogP contribution is -2.45. The SMILES string of the molecule is c1ccc(N2CCC(NCC3CNc4ccnn4C3)CC2)nc1. The number of hydrogen-bond acceptors (Lipinski definition) is 5. The average molecular weight is 312 g/mol. The van der Waals surface area contributed by atoms with Crippen molar-refractivity contribution in [1.29, 1.82) is 0 Å². The van der Waals surface area contributed by atoms with Crippen LogP contribution in [0.4, 0.5) is 11.6 Å². The Kier molecular flexibility index (Phi) is 4.15. The fourth-order valence-electron chi connectivity index (χ4n) is 3.51. The Hall–Kier alpha value is -2.08. The highest BCUT2D eigenvalue weighted by molar-refractivity contribution is 5.38. The van der Waals surface area contributed by atoms with Gasteiger partial charge in [-0.3, -0.25) is 0 Å². The van der Waals surface area contributed by atoms with Gasteiger partial charge in [0.1, 0.15) is 11.6 Å². The molecule has 0 aliphatic carbocycles. The molecule has 0 aromatic carbocycles. The van der Waals surface area contributed by atoms with Crippen LogP contribution in [0, 0.1) is 5.92 Å². The first-order valence-electron chi connectivity index (χ1n) is 8.53. The summed E-state index contributed by atoms with van der Waals surface area (Å²) in [4.78, 5) is 6.84. The van der Waals surface area contributed by atoms with Crippen LogP contribution in [0.3, 0.4) is 0 Å². The van der Waals surface area contributed by atoms with Crippen LogP contribution in [0.15, 0.2) is 36.7 Å². The normalized spacial score (nSPS) is 21.7. The second-order valence-corrected chi connectivity index (χ2v) is 6.50. The molecule has 4 heterocycles. The summed E-state index contributed by atoms with van der Waals surface area (Å²) in [5.74, 6) is 2.86. The number of nitrogens with one attached hydrogen (secondary N) is 2. The molecule has 1 saturated heterocycles. The third-order valence-corrected chi connectivity index (χ3v) is 4.88. The minimum Gasteiger partial charge on any atom is -0.370 e. The van der Waals surface area contributed by atoms with Gasteiger partial charge < -0.3 is 15.5 Å². The molecule has 0 spiro atoms. The van der Waals surface area contributed by atoms with Gasteiger partial charge in [-0.25, -0.2) is 9.67 Å². The van der Waals surface area contributed by atoms with Gasteiger partial charge in [0.15, 0.2) is 0 Å². The summed E-state index contributed by atoms with van der Waals surface area (Å²) in [6.45, 7) is 5.27. The van der Waals surface area contributed by atoms with E-state index in [0.29, 0.717) is 12.0 Å². The van der Waals surface area contributed by atoms with Crippen LogP contribution < -0.4 is 15.5 Å². The maximum Gasteiger partial charge on any atom is 0.128 e. The van der Waals surface area contributed by atoms with Crippen LogP contribution in [0.2, 0.25) is 0 Å². The van der Waals surface area contributed by atoms with E-state index in [4.69, 9.17) is 0 Å². The van der Waals surface area contributed by atoms with E-state index < -0.39 is 0 Å². The molecule has 2 aliphatic heterocycles. The van der Waals surface area contributed by atoms with Crippen molar-refractivity contribution in [2.24, 2.45) is 5.92 Å². The lowest BCUT2D eigenvalue weighted by atomic mass is 10.0. The minimum absolute atomic E-state index is 0.608. The molecular weight excluding hydrogens is 288 g/mol. The average Bonchev–Trinajstić information content (AvgIpc) is 3.09. The highest BCUT2D eigenvalue weighted by Crippen LogP contribution is 2.19. The van der Waals surface area contributed by atoms with Crippen LogP contribution in [0.1, 0.15) is 12.8 Å². The summed E-state index contributed by atoms with van der Waals surface area (Å²) in [5, 5.41) is 11.6. The molecule has 2 aliphatic rings. The molecule has 0 radical (unpaired) electrons. The molecule has 0 bridgehead atoms. The van der Waals surface area contributed by atoms with Crippen molar-refractivity contribution in [1.82, 2.24) is 20.1 Å². The van der Waals surface area contributed by atoms with E-state index in [0.717, 1.165) is 44.4 Å². The van der Waals surface area contributed by atoms with E-state index in [-0.39, 0.29) is 0 Å². The van der Waals surface area contributed by atoms with Crippen molar-refractivity contribution in [2.75, 3.05) is 36.4 Å². The first kappa shape index (κ1) is 14.5. The number of rotatable bonds is 4. The van der Waals surface area contributed by atoms with Gasteiger partial charge in [0.25, 0.3) is 0 Å². The number of hydrogen-bond donors (Lipinski definition) is 2. The van der Waals surface area contributed by atoms with Gasteiger partial charge in [0.05, 0.1) is 6.20 Å². The fraction of sp³-hybridized carbons (Fsp3) is 0.529. The van der Waals surface area contributed by atoms with Gasteiger partial charge in [-0.2, -0.15) is 5.10 Å². The third-order valence-electron chi connectivity index (χ3n) is 4.88. The summed E-state index contributed by atoms with van der Waals surface area (Å²) < 4.78 is 2.07. The Bertz CT molecular complexity index is 617. The molecule has 2 aromatic rings. The highest BCUT2D eigenvalue weighted by Gasteiger charge is 2.22. The largest absolute Gasteiger partial charge is 0.370 e. The standard InChI is InChI=1S/C17H24N6/c1-2-7-18-16(3-1)22-9-5-15(6-10-22)19-11-14-12-20-17-4-8-21-23(17)13-14/h1-4,7-8,14-15,19-20H,5-6,9-13H2. The Morgan fingerprint density at radius 1 is 1.17 bits per heavy atom. The molecule has 6 heteroatoms. The van der Waals surface area contributed by atoms with Crippen LogP contribution in [0.5, 0.6) is 0 Å². The lowest BCUT2D eigenvalue weighted by Gasteiger charge is -2.34. The van der Waals surface area contributed by atoms with Gasteiger partial charge in [0.2, 0.25) is 0 Å². The second-order valence-electron chi connectivity index (χ2n) is 6.50. The smallest absolute Gasteiger partial charge is 0.128 e. The van der Waals surface area contributed by atoms with Gasteiger partial charge in [0, 0.05) is 56.9 Å². The quantitative estimate of drug-likeness (QED) is 0.898. The monoisotopic (exact) mass is 312 g/mol. The molecule has 122 valence electrons. The summed E-state index contributed by atoms with van der Waals surface area (Å²) in [6, 6.07) is 8.79. The van der Waals surface area contributed by atoms with Crippen LogP contribution >= 0.6 is 0 Å². The topological polar surface area (TPSA) is 58.0 Å². The third kappa shape index (κ3) is 3.32. The van der Waals surface area contributed by atoms with Crippen LogP contribution in [0.25, 0.3) is 0 Å². The Morgan fingerprint density at radius 2 is 2.09 bits per heavy atom. The van der Waals surface area contributed by atoms with E-state index in [9.17, 15) is 0 Å². The Balaban J connectivity index is 1.23. The number of aromatic nitrogens is 3. The zero-order chi connectivity index (χ0) is 15.5. The Labute approximate surface area is 136 Å². The number of anilines is 2. The molecule has 2 aromatic heterocycles. The van der Waals surface area contributed by atoms with E-state index in [2.05, 4.69) is 42.4 Å². The van der Waals surface area contributed by atoms with Gasteiger partial charge in [-0.15, -0.1) is 0 Å². The van der Waals surface area contributed by atoms with Gasteiger partial charge >= 0.3 is 0 Å². The van der Waals surface area contributed by atoms with Gasteiger partial charge in [-0.1, -0.05) is 6.07 Å². The zero-order valence-electron chi connectivity index (χ0n) is 13.4. The Morgan fingerprint density at radius 3 is 2.91 bits per heavy atom. The van der Waals surface area contributed by atoms with E-state index in [1.807, 2.05) is 24.5 Å². The zero-order valence-corrected chi connectivity index (χ0v) is 13.4. The highest BCUT2D eigenvalue weighted by atomic mass is 15.3. The fourth-order valence-corrected chi connectivity index (χ4v) is 3.51. The van der Waals surface area contributed by atoms with Crippen molar-refractivity contribution in [2.45, 2.75) is 25.4 Å². The number of piperidine rings is 1. The minimum atomic E-state index is 0.608. The summed E-state index contributed by atoms with van der Waals surface area (Å²) in [5.41, 5.74) is 0. The summed E-state index contributed by atoms with van der Waals surface area (Å²) >= 11 is 0. The van der Waals surface area contributed by atoms with E-state index >= 15 is 0 Å². The second kappa shape index (κ2) is 6.58. The first-order valence-corrected chi connectivity index (χ1v) is 8.53. The van der Waals surface area contributed by atoms with Crippen molar-refractivity contribution >= 4 is 11.6 Å². The van der Waals surface area contributed by atoms with Gasteiger partial charge in [-0.05, 0) is 25.0 Å². The number of pyridine rings is 1. The summed E-state index contributed by atoms with van der Waals surface area (Å²) in [6.07, 6.45) is 6.11. The van der Waals surface area contributed by atoms with E-state index in [1.165, 1.54) is 12.8 Å². The van der Waals surface area contributed by atoms with Crippen LogP contribution in [-0.2, 0) is 6.54 Å². The molecule has 0 amide bonds. The predicted molar refractivity (Wildman–Crippen MR) is 91.7 cm³/mol. The molecule has 1 unspecified atom stereocenters. The van der Waals surface area contributed by atoms with Crippen molar-refractivity contribution in [3.05, 3.63) is 36.7 Å². The molecule has 1 fully saturated rings. The maximum atomic E-state index is 4.45. The van der Waals surface area contributed by atoms with E-state index in [1.54, 1.807) is 0 Å². The molecule has 23 heavy (non-hydrogen) atoms. The molecule has 1 atom stereocenters. The molecular formula is C17H24N6. The summed E-state index contributed by atoms with van der Waals surface area (Å²) in [7, 11) is 0. The maximum absolute atomic E-state index is 4.45. The number of fused-ring (bicyclic) bond motifs is 1. The lowest BCUT2D eigenvalue weighted by molar-refractivity contribution is 0.342. The van der Waals surface area contributed by atoms with Crippen molar-refractivity contribution in [3.63, 3.8) is 0 Å². The molecule has 2 N–H and O–H groups in total. The first-order chi connectivity index (χ1) is 11.4.